The average molecular weight is 330 g/mol. The van der Waals surface area contributed by atoms with Gasteiger partial charge >= 0.3 is 0 Å². The molecule has 1 heterocycles. The van der Waals surface area contributed by atoms with Crippen LogP contribution in [0.25, 0.3) is 11.3 Å². The van der Waals surface area contributed by atoms with Crippen molar-refractivity contribution >= 4 is 51.3 Å². The van der Waals surface area contributed by atoms with Crippen LogP contribution in [0.15, 0.2) is 29.6 Å². The number of nitrogens with one attached hydrogen (secondary N) is 2. The van der Waals surface area contributed by atoms with Crippen molar-refractivity contribution in [2.45, 2.75) is 11.8 Å². The fraction of sp³-hybridized carbons (Fsp3) is 0.231. The lowest BCUT2D eigenvalue weighted by Crippen LogP contribution is -2.18. The number of benzene rings is 1. The van der Waals surface area contributed by atoms with Gasteiger partial charge in [0.05, 0.1) is 5.69 Å². The second kappa shape index (κ2) is 6.92. The van der Waals surface area contributed by atoms with Crippen LogP contribution in [-0.4, -0.2) is 22.3 Å². The second-order valence-electron chi connectivity index (χ2n) is 3.94. The van der Waals surface area contributed by atoms with Crippen LogP contribution in [0.3, 0.4) is 0 Å². The van der Waals surface area contributed by atoms with E-state index < -0.39 is 10.7 Å². The van der Waals surface area contributed by atoms with E-state index in [-0.39, 0.29) is 0 Å². The number of hydrogen-bond acceptors (Lipinski definition) is 4. The summed E-state index contributed by atoms with van der Waals surface area (Å²) in [6.45, 7) is 2.87. The summed E-state index contributed by atoms with van der Waals surface area (Å²) in [4.78, 5) is 14.7. The van der Waals surface area contributed by atoms with Crippen molar-refractivity contribution in [3.8, 4) is 11.3 Å². The Labute approximate surface area is 131 Å². The van der Waals surface area contributed by atoms with Gasteiger partial charge in [-0.3, -0.25) is 4.79 Å². The molecule has 0 aliphatic rings. The number of halogens is 2. The third-order valence-electron chi connectivity index (χ3n) is 2.48. The fourth-order valence-corrected chi connectivity index (χ4v) is 2.46. The predicted octanol–water partition coefficient (Wildman–Crippen LogP) is 3.98. The third kappa shape index (κ3) is 3.85. The van der Waals surface area contributed by atoms with Crippen molar-refractivity contribution in [2.75, 3.05) is 17.2 Å². The molecule has 0 bridgehead atoms. The Hall–Kier alpha value is -1.30. The van der Waals surface area contributed by atoms with E-state index in [1.807, 2.05) is 24.4 Å². The summed E-state index contributed by atoms with van der Waals surface area (Å²) >= 11 is 12.5. The van der Waals surface area contributed by atoms with Gasteiger partial charge in [0.15, 0.2) is 9.97 Å². The summed E-state index contributed by atoms with van der Waals surface area (Å²) in [5, 5.41) is 8.66. The van der Waals surface area contributed by atoms with Gasteiger partial charge in [0.2, 0.25) is 0 Å². The van der Waals surface area contributed by atoms with Crippen LogP contribution in [0.4, 0.5) is 10.8 Å². The minimum Gasteiger partial charge on any atom is -0.362 e. The molecule has 0 saturated carbocycles. The van der Waals surface area contributed by atoms with E-state index in [4.69, 9.17) is 23.2 Å². The van der Waals surface area contributed by atoms with Crippen LogP contribution in [0.2, 0.25) is 0 Å². The summed E-state index contributed by atoms with van der Waals surface area (Å²) in [6, 6.07) is 7.35. The molecule has 0 unspecified atom stereocenters. The standard InChI is InChI=1S/C13H13Cl2N3OS/c1-2-16-13-18-10(7-20-13)8-3-5-9(6-4-8)17-12(19)11(14)15/h3-7,11H,2H2,1H3,(H,16,18)(H,17,19). The van der Waals surface area contributed by atoms with Crippen LogP contribution >= 0.6 is 34.5 Å². The van der Waals surface area contributed by atoms with E-state index in [9.17, 15) is 4.79 Å². The number of thiazole rings is 1. The number of carbonyl (C=O) groups excluding carboxylic acids is 1. The van der Waals surface area contributed by atoms with Gasteiger partial charge in [-0.2, -0.15) is 0 Å². The van der Waals surface area contributed by atoms with E-state index in [0.717, 1.165) is 22.9 Å². The van der Waals surface area contributed by atoms with Crippen molar-refractivity contribution < 1.29 is 4.79 Å². The molecule has 0 aliphatic heterocycles. The molecular formula is C13H13Cl2N3OS. The Morgan fingerprint density at radius 3 is 2.65 bits per heavy atom. The normalized spacial score (nSPS) is 10.6. The molecule has 106 valence electrons. The molecule has 0 atom stereocenters. The highest BCUT2D eigenvalue weighted by molar-refractivity contribution is 7.14. The largest absolute Gasteiger partial charge is 0.362 e. The fourth-order valence-electron chi connectivity index (χ4n) is 1.56. The van der Waals surface area contributed by atoms with Crippen molar-refractivity contribution in [1.82, 2.24) is 4.98 Å². The summed E-state index contributed by atoms with van der Waals surface area (Å²) < 4.78 is 0. The van der Waals surface area contributed by atoms with Crippen molar-refractivity contribution in [3.05, 3.63) is 29.6 Å². The Balaban J connectivity index is 2.09. The second-order valence-corrected chi connectivity index (χ2v) is 5.89. The quantitative estimate of drug-likeness (QED) is 0.815. The lowest BCUT2D eigenvalue weighted by Gasteiger charge is -2.06. The molecule has 0 spiro atoms. The van der Waals surface area contributed by atoms with E-state index in [1.165, 1.54) is 0 Å². The van der Waals surface area contributed by atoms with Crippen LogP contribution < -0.4 is 10.6 Å². The van der Waals surface area contributed by atoms with Gasteiger partial charge in [0, 0.05) is 23.2 Å². The first-order valence-corrected chi connectivity index (χ1v) is 7.74. The Kier molecular flexibility index (Phi) is 5.23. The molecule has 7 heteroatoms. The van der Waals surface area contributed by atoms with E-state index in [1.54, 1.807) is 23.5 Å². The molecule has 1 aromatic heterocycles. The SMILES string of the molecule is CCNc1nc(-c2ccc(NC(=O)C(Cl)Cl)cc2)cs1. The van der Waals surface area contributed by atoms with Gasteiger partial charge in [-0.05, 0) is 19.1 Å². The summed E-state index contributed by atoms with van der Waals surface area (Å²) in [5.74, 6) is -0.441. The van der Waals surface area contributed by atoms with Gasteiger partial charge in [-0.1, -0.05) is 35.3 Å². The molecule has 2 rings (SSSR count). The number of anilines is 2. The zero-order chi connectivity index (χ0) is 14.5. The molecule has 1 amide bonds. The number of aromatic nitrogens is 1. The first kappa shape index (κ1) is 15.1. The third-order valence-corrected chi connectivity index (χ3v) is 3.67. The van der Waals surface area contributed by atoms with Crippen molar-refractivity contribution in [1.29, 1.82) is 0 Å². The van der Waals surface area contributed by atoms with E-state index in [0.29, 0.717) is 5.69 Å². The highest BCUT2D eigenvalue weighted by atomic mass is 35.5. The van der Waals surface area contributed by atoms with Gasteiger partial charge in [0.25, 0.3) is 5.91 Å². The Morgan fingerprint density at radius 2 is 2.05 bits per heavy atom. The Bertz CT molecular complexity index is 584. The Morgan fingerprint density at radius 1 is 1.35 bits per heavy atom. The number of alkyl halides is 2. The van der Waals surface area contributed by atoms with Crippen LogP contribution in [0.5, 0.6) is 0 Å². The van der Waals surface area contributed by atoms with Crippen LogP contribution in [0.1, 0.15) is 6.92 Å². The molecule has 0 fully saturated rings. The molecule has 0 saturated heterocycles. The predicted molar refractivity (Wildman–Crippen MR) is 85.8 cm³/mol. The zero-order valence-corrected chi connectivity index (χ0v) is 13.0. The molecule has 0 radical (unpaired) electrons. The summed E-state index contributed by atoms with van der Waals surface area (Å²) in [5.41, 5.74) is 2.53. The molecule has 20 heavy (non-hydrogen) atoms. The smallest absolute Gasteiger partial charge is 0.257 e. The average Bonchev–Trinajstić information content (AvgIpc) is 2.88. The maximum Gasteiger partial charge on any atom is 0.257 e. The van der Waals surface area contributed by atoms with Gasteiger partial charge in [-0.15, -0.1) is 11.3 Å². The molecule has 0 aliphatic carbocycles. The van der Waals surface area contributed by atoms with E-state index in [2.05, 4.69) is 15.6 Å². The minimum atomic E-state index is -1.07. The lowest BCUT2D eigenvalue weighted by atomic mass is 10.1. The molecule has 4 nitrogen and oxygen atoms in total. The number of nitrogens with zero attached hydrogens (tertiary/aromatic N) is 1. The number of hydrogen-bond donors (Lipinski definition) is 2. The summed E-state index contributed by atoms with van der Waals surface area (Å²) in [6.07, 6.45) is 0. The van der Waals surface area contributed by atoms with E-state index >= 15 is 0 Å². The van der Waals surface area contributed by atoms with Crippen LogP contribution in [0, 0.1) is 0 Å². The molecule has 2 aromatic rings. The first-order chi connectivity index (χ1) is 9.60. The summed E-state index contributed by atoms with van der Waals surface area (Å²) in [7, 11) is 0. The van der Waals surface area contributed by atoms with Crippen molar-refractivity contribution in [2.24, 2.45) is 0 Å². The topological polar surface area (TPSA) is 54.0 Å². The van der Waals surface area contributed by atoms with Gasteiger partial charge in [-0.25, -0.2) is 4.98 Å². The number of rotatable bonds is 5. The highest BCUT2D eigenvalue weighted by Crippen LogP contribution is 2.26. The van der Waals surface area contributed by atoms with Crippen LogP contribution in [-0.2, 0) is 4.79 Å². The lowest BCUT2D eigenvalue weighted by molar-refractivity contribution is -0.114. The monoisotopic (exact) mass is 329 g/mol. The molecule has 1 aromatic carbocycles. The highest BCUT2D eigenvalue weighted by Gasteiger charge is 2.11. The maximum absolute atomic E-state index is 11.3. The zero-order valence-electron chi connectivity index (χ0n) is 10.7. The van der Waals surface area contributed by atoms with Crippen molar-refractivity contribution in [3.63, 3.8) is 0 Å². The van der Waals surface area contributed by atoms with Gasteiger partial charge < -0.3 is 10.6 Å². The minimum absolute atomic E-state index is 0.441. The first-order valence-electron chi connectivity index (χ1n) is 5.99. The number of carbonyl (C=O) groups is 1. The maximum atomic E-state index is 11.3. The number of amides is 1. The van der Waals surface area contributed by atoms with Gasteiger partial charge in [0.1, 0.15) is 0 Å². The molecular weight excluding hydrogens is 317 g/mol. The molecule has 2 N–H and O–H groups in total.